The van der Waals surface area contributed by atoms with Crippen molar-refractivity contribution in [2.45, 2.75) is 24.7 Å². The normalized spacial score (nSPS) is 15.9. The molecule has 0 spiro atoms. The summed E-state index contributed by atoms with van der Waals surface area (Å²) in [6, 6.07) is 7.52. The van der Waals surface area contributed by atoms with Gasteiger partial charge in [0.05, 0.1) is 17.3 Å². The van der Waals surface area contributed by atoms with Crippen LogP contribution in [0, 0.1) is 0 Å². The molecular weight excluding hydrogens is 356 g/mol. The van der Waals surface area contributed by atoms with E-state index in [2.05, 4.69) is 26.3 Å². The Bertz CT molecular complexity index is 725. The first-order chi connectivity index (χ1) is 10.4. The van der Waals surface area contributed by atoms with Crippen molar-refractivity contribution in [3.05, 3.63) is 46.2 Å². The zero-order valence-corrected chi connectivity index (χ0v) is 13.4. The fourth-order valence-corrected chi connectivity index (χ4v) is 3.00. The largest absolute Gasteiger partial charge is 0.322 e. The van der Waals surface area contributed by atoms with Gasteiger partial charge in [-0.15, -0.1) is 0 Å². The molecule has 3 rings (SSSR count). The topological polar surface area (TPSA) is 46.9 Å². The van der Waals surface area contributed by atoms with Gasteiger partial charge in [-0.1, -0.05) is 28.1 Å². The van der Waals surface area contributed by atoms with E-state index >= 15 is 0 Å². The molecule has 0 aliphatic heterocycles. The molecule has 4 nitrogen and oxygen atoms in total. The number of alkyl halides is 2. The third kappa shape index (κ3) is 2.54. The van der Waals surface area contributed by atoms with Crippen molar-refractivity contribution < 1.29 is 13.6 Å². The SMILES string of the molecule is Cn1ncc(NC(=O)C2(c3cccc(Br)c3)CC2)c1C(F)F. The molecule has 1 aliphatic carbocycles. The van der Waals surface area contributed by atoms with Crippen molar-refractivity contribution in [1.82, 2.24) is 9.78 Å². The molecule has 2 aromatic rings. The first-order valence-corrected chi connectivity index (χ1v) is 7.61. The molecule has 1 heterocycles. The summed E-state index contributed by atoms with van der Waals surface area (Å²) in [6.07, 6.45) is -0.0148. The van der Waals surface area contributed by atoms with Crippen LogP contribution in [0.5, 0.6) is 0 Å². The van der Waals surface area contributed by atoms with Gasteiger partial charge in [0.15, 0.2) is 0 Å². The second-order valence-electron chi connectivity index (χ2n) is 5.41. The van der Waals surface area contributed by atoms with E-state index in [4.69, 9.17) is 0 Å². The van der Waals surface area contributed by atoms with Crippen LogP contribution in [0.3, 0.4) is 0 Å². The highest BCUT2D eigenvalue weighted by atomic mass is 79.9. The number of hydrogen-bond acceptors (Lipinski definition) is 2. The zero-order valence-electron chi connectivity index (χ0n) is 11.8. The summed E-state index contributed by atoms with van der Waals surface area (Å²) in [5, 5.41) is 6.41. The van der Waals surface area contributed by atoms with Crippen LogP contribution < -0.4 is 5.32 Å². The van der Waals surface area contributed by atoms with Crippen LogP contribution >= 0.6 is 15.9 Å². The molecule has 1 amide bonds. The van der Waals surface area contributed by atoms with Crippen LogP contribution in [0.2, 0.25) is 0 Å². The fourth-order valence-electron chi connectivity index (χ4n) is 2.60. The second kappa shape index (κ2) is 5.46. The summed E-state index contributed by atoms with van der Waals surface area (Å²) in [7, 11) is 1.43. The number of carbonyl (C=O) groups excluding carboxylic acids is 1. The summed E-state index contributed by atoms with van der Waals surface area (Å²) >= 11 is 3.39. The van der Waals surface area contributed by atoms with Gasteiger partial charge < -0.3 is 5.32 Å². The zero-order chi connectivity index (χ0) is 15.9. The minimum atomic E-state index is -2.69. The maximum atomic E-state index is 13.0. The smallest absolute Gasteiger partial charge is 0.282 e. The predicted octanol–water partition coefficient (Wildman–Crippen LogP) is 3.79. The van der Waals surface area contributed by atoms with E-state index < -0.39 is 11.8 Å². The number of nitrogens with zero attached hydrogens (tertiary/aromatic N) is 2. The van der Waals surface area contributed by atoms with Crippen LogP contribution in [-0.4, -0.2) is 15.7 Å². The van der Waals surface area contributed by atoms with Crippen molar-refractivity contribution in [2.75, 3.05) is 5.32 Å². The Morgan fingerprint density at radius 3 is 2.77 bits per heavy atom. The Labute approximate surface area is 134 Å². The van der Waals surface area contributed by atoms with Crippen LogP contribution in [0.4, 0.5) is 14.5 Å². The first-order valence-electron chi connectivity index (χ1n) is 6.81. The molecular formula is C15H14BrF2N3O. The van der Waals surface area contributed by atoms with Crippen molar-refractivity contribution in [2.24, 2.45) is 7.05 Å². The van der Waals surface area contributed by atoms with Crippen molar-refractivity contribution >= 4 is 27.5 Å². The molecule has 0 bridgehead atoms. The van der Waals surface area contributed by atoms with Gasteiger partial charge in [0.2, 0.25) is 5.91 Å². The lowest BCUT2D eigenvalue weighted by Crippen LogP contribution is -2.28. The van der Waals surface area contributed by atoms with Crippen molar-refractivity contribution in [3.8, 4) is 0 Å². The van der Waals surface area contributed by atoms with Gasteiger partial charge in [-0.2, -0.15) is 5.10 Å². The molecule has 1 aromatic heterocycles. The number of carbonyl (C=O) groups is 1. The minimum absolute atomic E-state index is 0.0729. The highest BCUT2D eigenvalue weighted by Gasteiger charge is 2.51. The maximum absolute atomic E-state index is 13.0. The molecule has 0 saturated heterocycles. The van der Waals surface area contributed by atoms with Crippen LogP contribution in [0.15, 0.2) is 34.9 Å². The van der Waals surface area contributed by atoms with Gasteiger partial charge in [0, 0.05) is 11.5 Å². The quantitative estimate of drug-likeness (QED) is 0.890. The molecule has 1 N–H and O–H groups in total. The number of halogens is 3. The van der Waals surface area contributed by atoms with E-state index in [0.717, 1.165) is 14.7 Å². The Hall–Kier alpha value is -1.76. The van der Waals surface area contributed by atoms with E-state index in [-0.39, 0.29) is 17.3 Å². The summed E-state index contributed by atoms with van der Waals surface area (Å²) in [6.45, 7) is 0. The van der Waals surface area contributed by atoms with Crippen LogP contribution in [-0.2, 0) is 17.3 Å². The third-order valence-corrected chi connectivity index (χ3v) is 4.49. The minimum Gasteiger partial charge on any atom is -0.322 e. The number of aryl methyl sites for hydroxylation is 1. The molecule has 116 valence electrons. The average molecular weight is 370 g/mol. The number of anilines is 1. The van der Waals surface area contributed by atoms with Gasteiger partial charge in [-0.25, -0.2) is 8.78 Å². The highest BCUT2D eigenvalue weighted by Crippen LogP contribution is 2.49. The van der Waals surface area contributed by atoms with Crippen molar-refractivity contribution in [3.63, 3.8) is 0 Å². The van der Waals surface area contributed by atoms with E-state index in [1.165, 1.54) is 13.2 Å². The number of rotatable bonds is 4. The van der Waals surface area contributed by atoms with E-state index in [0.29, 0.717) is 12.8 Å². The number of amides is 1. The van der Waals surface area contributed by atoms with Crippen LogP contribution in [0.1, 0.15) is 30.5 Å². The predicted molar refractivity (Wildman–Crippen MR) is 81.8 cm³/mol. The molecule has 1 aromatic carbocycles. The van der Waals surface area contributed by atoms with E-state index in [1.54, 1.807) is 0 Å². The fraction of sp³-hybridized carbons (Fsp3) is 0.333. The molecule has 0 radical (unpaired) electrons. The lowest BCUT2D eigenvalue weighted by molar-refractivity contribution is -0.118. The van der Waals surface area contributed by atoms with Crippen LogP contribution in [0.25, 0.3) is 0 Å². The Balaban J connectivity index is 1.86. The third-order valence-electron chi connectivity index (χ3n) is 4.00. The van der Waals surface area contributed by atoms with Gasteiger partial charge in [0.25, 0.3) is 6.43 Å². The standard InChI is InChI=1S/C15H14BrF2N3O/c1-21-12(13(17)18)11(8-19-21)20-14(22)15(5-6-15)9-3-2-4-10(16)7-9/h2-4,7-8,13H,5-6H2,1H3,(H,20,22). The Morgan fingerprint density at radius 2 is 2.18 bits per heavy atom. The van der Waals surface area contributed by atoms with Crippen molar-refractivity contribution in [1.29, 1.82) is 0 Å². The highest BCUT2D eigenvalue weighted by molar-refractivity contribution is 9.10. The number of hydrogen-bond donors (Lipinski definition) is 1. The lowest BCUT2D eigenvalue weighted by Gasteiger charge is -2.16. The Kier molecular flexibility index (Phi) is 3.76. The summed E-state index contributed by atoms with van der Waals surface area (Å²) in [5.41, 5.74) is 0.0583. The number of nitrogens with one attached hydrogen (secondary N) is 1. The van der Waals surface area contributed by atoms with Gasteiger partial charge in [-0.3, -0.25) is 9.48 Å². The molecule has 1 saturated carbocycles. The molecule has 22 heavy (non-hydrogen) atoms. The summed E-state index contributed by atoms with van der Waals surface area (Å²) in [4.78, 5) is 12.6. The van der Waals surface area contributed by atoms with E-state index in [9.17, 15) is 13.6 Å². The number of benzene rings is 1. The molecule has 1 fully saturated rings. The Morgan fingerprint density at radius 1 is 1.45 bits per heavy atom. The maximum Gasteiger partial charge on any atom is 0.282 e. The summed E-state index contributed by atoms with van der Waals surface area (Å²) in [5.74, 6) is -0.263. The monoisotopic (exact) mass is 369 g/mol. The van der Waals surface area contributed by atoms with Gasteiger partial charge >= 0.3 is 0 Å². The van der Waals surface area contributed by atoms with Gasteiger partial charge in [-0.05, 0) is 30.5 Å². The van der Waals surface area contributed by atoms with E-state index in [1.807, 2.05) is 24.3 Å². The van der Waals surface area contributed by atoms with Gasteiger partial charge in [0.1, 0.15) is 5.69 Å². The lowest BCUT2D eigenvalue weighted by atomic mass is 9.95. The molecule has 0 atom stereocenters. The average Bonchev–Trinajstić information content (AvgIpc) is 3.19. The summed E-state index contributed by atoms with van der Waals surface area (Å²) < 4.78 is 28.1. The molecule has 1 aliphatic rings. The first kappa shape index (κ1) is 15.1. The molecule has 0 unspecified atom stereocenters. The molecule has 7 heteroatoms. The number of aromatic nitrogens is 2. The second-order valence-corrected chi connectivity index (χ2v) is 6.33.